The maximum Gasteiger partial charge on any atom is 0.322 e. The van der Waals surface area contributed by atoms with Gasteiger partial charge in [0.1, 0.15) is 10.9 Å². The first kappa shape index (κ1) is 19.8. The number of rotatable bonds is 10. The molecule has 0 amide bonds. The van der Waals surface area contributed by atoms with Crippen LogP contribution in [0, 0.1) is 0 Å². The van der Waals surface area contributed by atoms with Crippen molar-refractivity contribution in [1.29, 1.82) is 0 Å². The molecule has 0 aromatic heterocycles. The van der Waals surface area contributed by atoms with E-state index in [1.54, 1.807) is 11.8 Å². The standard InChI is InChI=1S/C20H27IO2S/c1-17-16-20(19(22)23-17,24-18-12-8-7-9-13-18)14-10-5-3-2-4-6-11-15-21/h7-9,11-13,15,17H,2-6,10,14,16H2,1H3/b15-11+/t17-,20-/m0/s1. The molecule has 1 aromatic carbocycles. The highest BCUT2D eigenvalue weighted by Crippen LogP contribution is 2.45. The topological polar surface area (TPSA) is 26.3 Å². The first-order valence-corrected chi connectivity index (χ1v) is 10.9. The molecule has 2 rings (SSSR count). The molecule has 0 N–H and O–H groups in total. The van der Waals surface area contributed by atoms with E-state index in [4.69, 9.17) is 4.74 Å². The van der Waals surface area contributed by atoms with Crippen LogP contribution in [0.5, 0.6) is 0 Å². The average molecular weight is 458 g/mol. The number of halogens is 1. The fraction of sp³-hybridized carbons (Fsp3) is 0.550. The molecule has 0 unspecified atom stereocenters. The highest BCUT2D eigenvalue weighted by molar-refractivity contribution is 14.1. The summed E-state index contributed by atoms with van der Waals surface area (Å²) in [4.78, 5) is 13.7. The second kappa shape index (κ2) is 10.5. The van der Waals surface area contributed by atoms with Crippen LogP contribution in [-0.2, 0) is 9.53 Å². The van der Waals surface area contributed by atoms with Gasteiger partial charge in [-0.05, 0) is 42.4 Å². The van der Waals surface area contributed by atoms with Crippen molar-refractivity contribution in [1.82, 2.24) is 0 Å². The first-order chi connectivity index (χ1) is 11.7. The van der Waals surface area contributed by atoms with Gasteiger partial charge in [-0.15, -0.1) is 11.8 Å². The first-order valence-electron chi connectivity index (χ1n) is 8.87. The second-order valence-electron chi connectivity index (χ2n) is 6.50. The number of esters is 1. The number of cyclic esters (lactones) is 1. The zero-order valence-electron chi connectivity index (χ0n) is 14.4. The van der Waals surface area contributed by atoms with E-state index >= 15 is 0 Å². The Morgan fingerprint density at radius 3 is 2.58 bits per heavy atom. The van der Waals surface area contributed by atoms with Gasteiger partial charge in [-0.2, -0.15) is 0 Å². The molecule has 0 radical (unpaired) electrons. The molecule has 24 heavy (non-hydrogen) atoms. The number of allylic oxidation sites excluding steroid dienone is 1. The van der Waals surface area contributed by atoms with Gasteiger partial charge >= 0.3 is 5.97 Å². The SMILES string of the molecule is C[C@H]1C[C@](CCCCCCC/C=C/I)(Sc2ccccc2)C(=O)O1. The molecule has 1 aromatic rings. The molecule has 1 aliphatic heterocycles. The van der Waals surface area contributed by atoms with Gasteiger partial charge in [0.2, 0.25) is 0 Å². The molecule has 132 valence electrons. The zero-order chi connectivity index (χ0) is 17.3. The molecule has 4 heteroatoms. The van der Waals surface area contributed by atoms with Gasteiger partial charge in [0.05, 0.1) is 0 Å². The van der Waals surface area contributed by atoms with Crippen LogP contribution in [0.3, 0.4) is 0 Å². The van der Waals surface area contributed by atoms with Crippen molar-refractivity contribution in [2.45, 2.75) is 74.0 Å². The molecule has 1 aliphatic rings. The molecule has 1 saturated heterocycles. The lowest BCUT2D eigenvalue weighted by Crippen LogP contribution is -2.30. The highest BCUT2D eigenvalue weighted by atomic mass is 127. The Balaban J connectivity index is 1.83. The predicted octanol–water partition coefficient (Wildman–Crippen LogP) is 6.53. The summed E-state index contributed by atoms with van der Waals surface area (Å²) in [5, 5.41) is 0. The smallest absolute Gasteiger partial charge is 0.322 e. The molecule has 0 spiro atoms. The van der Waals surface area contributed by atoms with Crippen molar-refractivity contribution in [2.24, 2.45) is 0 Å². The third-order valence-electron chi connectivity index (χ3n) is 4.39. The summed E-state index contributed by atoms with van der Waals surface area (Å²) in [5.41, 5.74) is 0. The average Bonchev–Trinajstić information content (AvgIpc) is 2.84. The predicted molar refractivity (Wildman–Crippen MR) is 111 cm³/mol. The Morgan fingerprint density at radius 2 is 1.92 bits per heavy atom. The van der Waals surface area contributed by atoms with E-state index in [1.165, 1.54) is 32.1 Å². The van der Waals surface area contributed by atoms with Crippen LogP contribution in [0.25, 0.3) is 0 Å². The Kier molecular flexibility index (Phi) is 8.67. The van der Waals surface area contributed by atoms with Crippen molar-refractivity contribution in [3.63, 3.8) is 0 Å². The summed E-state index contributed by atoms with van der Waals surface area (Å²) >= 11 is 3.97. The van der Waals surface area contributed by atoms with Gasteiger partial charge in [0.15, 0.2) is 0 Å². The van der Waals surface area contributed by atoms with Gasteiger partial charge in [0, 0.05) is 11.3 Å². The molecule has 1 heterocycles. The van der Waals surface area contributed by atoms with E-state index in [2.05, 4.69) is 44.9 Å². The normalized spacial score (nSPS) is 23.8. The molecule has 0 saturated carbocycles. The minimum atomic E-state index is -0.384. The number of carbonyl (C=O) groups is 1. The molecule has 2 atom stereocenters. The van der Waals surface area contributed by atoms with E-state index < -0.39 is 0 Å². The third-order valence-corrected chi connectivity index (χ3v) is 6.34. The quantitative estimate of drug-likeness (QED) is 0.227. The summed E-state index contributed by atoms with van der Waals surface area (Å²) in [5.74, 6) is -0.0176. The van der Waals surface area contributed by atoms with Crippen molar-refractivity contribution in [3.05, 3.63) is 40.5 Å². The van der Waals surface area contributed by atoms with E-state index in [0.29, 0.717) is 0 Å². The van der Waals surface area contributed by atoms with Crippen molar-refractivity contribution in [2.75, 3.05) is 0 Å². The van der Waals surface area contributed by atoms with Crippen LogP contribution < -0.4 is 0 Å². The summed E-state index contributed by atoms with van der Waals surface area (Å²) in [6.07, 6.45) is 11.3. The number of benzene rings is 1. The summed E-state index contributed by atoms with van der Waals surface area (Å²) in [6, 6.07) is 10.3. The molecule has 1 fully saturated rings. The molecular formula is C20H27IO2S. The van der Waals surface area contributed by atoms with Gasteiger partial charge in [-0.3, -0.25) is 4.79 Å². The van der Waals surface area contributed by atoms with Crippen LogP contribution in [0.2, 0.25) is 0 Å². The fourth-order valence-electron chi connectivity index (χ4n) is 3.20. The maximum absolute atomic E-state index is 12.5. The third kappa shape index (κ3) is 6.10. The number of unbranched alkanes of at least 4 members (excludes halogenated alkanes) is 5. The summed E-state index contributed by atoms with van der Waals surface area (Å²) in [6.45, 7) is 2.01. The second-order valence-corrected chi connectivity index (χ2v) is 8.67. The highest BCUT2D eigenvalue weighted by Gasteiger charge is 2.48. The van der Waals surface area contributed by atoms with Gasteiger partial charge in [-0.25, -0.2) is 0 Å². The number of thioether (sulfide) groups is 1. The maximum atomic E-state index is 12.5. The number of ether oxygens (including phenoxy) is 1. The van der Waals surface area contributed by atoms with Crippen LogP contribution >= 0.6 is 34.4 Å². The fourth-order valence-corrected chi connectivity index (χ4v) is 5.00. The monoisotopic (exact) mass is 458 g/mol. The Bertz CT molecular complexity index is 532. The lowest BCUT2D eigenvalue weighted by molar-refractivity contribution is -0.142. The minimum absolute atomic E-state index is 0.0176. The van der Waals surface area contributed by atoms with Crippen LogP contribution in [-0.4, -0.2) is 16.8 Å². The Hall–Kier alpha value is -0.490. The largest absolute Gasteiger partial charge is 0.462 e. The minimum Gasteiger partial charge on any atom is -0.462 e. The van der Waals surface area contributed by atoms with Crippen LogP contribution in [0.15, 0.2) is 45.4 Å². The van der Waals surface area contributed by atoms with Crippen molar-refractivity contribution in [3.8, 4) is 0 Å². The van der Waals surface area contributed by atoms with E-state index in [9.17, 15) is 4.79 Å². The van der Waals surface area contributed by atoms with E-state index in [0.717, 1.165) is 24.2 Å². The zero-order valence-corrected chi connectivity index (χ0v) is 17.4. The number of hydrogen-bond acceptors (Lipinski definition) is 3. The number of carbonyl (C=O) groups excluding carboxylic acids is 1. The Morgan fingerprint density at radius 1 is 1.21 bits per heavy atom. The molecule has 2 nitrogen and oxygen atoms in total. The van der Waals surface area contributed by atoms with Gasteiger partial charge in [-0.1, -0.05) is 72.5 Å². The van der Waals surface area contributed by atoms with Crippen LogP contribution in [0.1, 0.15) is 58.3 Å². The number of hydrogen-bond donors (Lipinski definition) is 0. The lowest BCUT2D eigenvalue weighted by Gasteiger charge is -2.24. The Labute approximate surface area is 164 Å². The summed E-state index contributed by atoms with van der Waals surface area (Å²) < 4.78 is 7.21. The lowest BCUT2D eigenvalue weighted by atomic mass is 9.96. The molecule has 0 aliphatic carbocycles. The van der Waals surface area contributed by atoms with Crippen molar-refractivity contribution < 1.29 is 9.53 Å². The van der Waals surface area contributed by atoms with E-state index in [-0.39, 0.29) is 16.8 Å². The van der Waals surface area contributed by atoms with Gasteiger partial charge in [0.25, 0.3) is 0 Å². The summed E-state index contributed by atoms with van der Waals surface area (Å²) in [7, 11) is 0. The van der Waals surface area contributed by atoms with Gasteiger partial charge < -0.3 is 4.74 Å². The van der Waals surface area contributed by atoms with Crippen LogP contribution in [0.4, 0.5) is 0 Å². The van der Waals surface area contributed by atoms with E-state index in [1.807, 2.05) is 25.1 Å². The van der Waals surface area contributed by atoms with Crippen molar-refractivity contribution >= 4 is 40.3 Å². The molecule has 0 bridgehead atoms. The molecular weight excluding hydrogens is 431 g/mol.